The van der Waals surface area contributed by atoms with Gasteiger partial charge in [-0.15, -0.1) is 11.3 Å². The minimum Gasteiger partial charge on any atom is -0.383 e. The molecule has 1 aliphatic rings. The third-order valence-corrected chi connectivity index (χ3v) is 4.62. The van der Waals surface area contributed by atoms with Crippen LogP contribution in [-0.2, 0) is 5.60 Å². The maximum Gasteiger partial charge on any atom is 0.109 e. The van der Waals surface area contributed by atoms with E-state index >= 15 is 0 Å². The Morgan fingerprint density at radius 1 is 1.29 bits per heavy atom. The van der Waals surface area contributed by atoms with E-state index in [1.54, 1.807) is 11.3 Å². The van der Waals surface area contributed by atoms with Crippen molar-refractivity contribution in [1.82, 2.24) is 9.80 Å². The number of hydrogen-bond donors (Lipinski definition) is 1. The zero-order chi connectivity index (χ0) is 12.3. The first kappa shape index (κ1) is 13.0. The molecule has 0 amide bonds. The van der Waals surface area contributed by atoms with Crippen LogP contribution in [-0.4, -0.2) is 54.2 Å². The summed E-state index contributed by atoms with van der Waals surface area (Å²) in [5, 5.41) is 12.5. The van der Waals surface area contributed by atoms with Crippen LogP contribution >= 0.6 is 11.3 Å². The molecule has 0 saturated carbocycles. The minimum atomic E-state index is -0.706. The Morgan fingerprint density at radius 2 is 1.94 bits per heavy atom. The quantitative estimate of drug-likeness (QED) is 0.884. The van der Waals surface area contributed by atoms with Crippen molar-refractivity contribution in [3.8, 4) is 0 Å². The standard InChI is InChI=1S/C13H22N2OS/c1-3-14-6-8-15(9-7-14)11-13(2,16)12-5-4-10-17-12/h4-5,10,16H,3,6-9,11H2,1-2H3. The molecule has 1 unspecified atom stereocenters. The fourth-order valence-electron chi connectivity index (χ4n) is 2.36. The second-order valence-corrected chi connectivity index (χ2v) is 5.91. The summed E-state index contributed by atoms with van der Waals surface area (Å²) in [7, 11) is 0. The molecule has 17 heavy (non-hydrogen) atoms. The SMILES string of the molecule is CCN1CCN(CC(C)(O)c2cccs2)CC1. The third-order valence-electron chi connectivity index (χ3n) is 3.50. The molecule has 96 valence electrons. The summed E-state index contributed by atoms with van der Waals surface area (Å²) in [5.74, 6) is 0. The lowest BCUT2D eigenvalue weighted by atomic mass is 10.0. The maximum atomic E-state index is 10.5. The average Bonchev–Trinajstić information content (AvgIpc) is 2.84. The molecule has 2 rings (SSSR count). The molecule has 1 saturated heterocycles. The van der Waals surface area contributed by atoms with E-state index in [9.17, 15) is 5.11 Å². The van der Waals surface area contributed by atoms with Crippen LogP contribution in [0.25, 0.3) is 0 Å². The van der Waals surface area contributed by atoms with E-state index in [4.69, 9.17) is 0 Å². The van der Waals surface area contributed by atoms with Gasteiger partial charge in [0.15, 0.2) is 0 Å². The molecule has 1 aliphatic heterocycles. The number of thiophene rings is 1. The maximum absolute atomic E-state index is 10.5. The number of likely N-dealkylation sites (N-methyl/N-ethyl adjacent to an activating group) is 1. The highest BCUT2D eigenvalue weighted by Crippen LogP contribution is 2.26. The summed E-state index contributed by atoms with van der Waals surface area (Å²) in [4.78, 5) is 5.89. The largest absolute Gasteiger partial charge is 0.383 e. The van der Waals surface area contributed by atoms with Crippen LogP contribution in [0.15, 0.2) is 17.5 Å². The van der Waals surface area contributed by atoms with Crippen LogP contribution in [0, 0.1) is 0 Å². The van der Waals surface area contributed by atoms with E-state index in [0.29, 0.717) is 0 Å². The van der Waals surface area contributed by atoms with Crippen LogP contribution < -0.4 is 0 Å². The van der Waals surface area contributed by atoms with Gasteiger partial charge >= 0.3 is 0 Å². The molecule has 3 nitrogen and oxygen atoms in total. The fourth-order valence-corrected chi connectivity index (χ4v) is 3.14. The van der Waals surface area contributed by atoms with Crippen LogP contribution in [0.4, 0.5) is 0 Å². The van der Waals surface area contributed by atoms with Crippen molar-refractivity contribution in [1.29, 1.82) is 0 Å². The number of β-amino-alcohol motifs (C(OH)–C–C–N with tert-alkyl or cyclic N) is 1. The van der Waals surface area contributed by atoms with Gasteiger partial charge in [-0.3, -0.25) is 4.90 Å². The van der Waals surface area contributed by atoms with Gasteiger partial charge in [-0.1, -0.05) is 13.0 Å². The molecule has 2 heterocycles. The van der Waals surface area contributed by atoms with Gasteiger partial charge in [0.25, 0.3) is 0 Å². The third kappa shape index (κ3) is 3.28. The van der Waals surface area contributed by atoms with Crippen molar-refractivity contribution >= 4 is 11.3 Å². The zero-order valence-corrected chi connectivity index (χ0v) is 11.5. The second kappa shape index (κ2) is 5.48. The van der Waals surface area contributed by atoms with E-state index in [1.807, 2.05) is 24.4 Å². The number of rotatable bonds is 4. The Labute approximate surface area is 108 Å². The molecule has 1 N–H and O–H groups in total. The lowest BCUT2D eigenvalue weighted by Gasteiger charge is -2.37. The van der Waals surface area contributed by atoms with Gasteiger partial charge in [0.2, 0.25) is 0 Å². The molecular weight excluding hydrogens is 232 g/mol. The number of aliphatic hydroxyl groups is 1. The second-order valence-electron chi connectivity index (χ2n) is 4.96. The Morgan fingerprint density at radius 3 is 2.47 bits per heavy atom. The van der Waals surface area contributed by atoms with Crippen LogP contribution in [0.3, 0.4) is 0 Å². The highest BCUT2D eigenvalue weighted by Gasteiger charge is 2.28. The van der Waals surface area contributed by atoms with Gasteiger partial charge < -0.3 is 10.0 Å². The zero-order valence-electron chi connectivity index (χ0n) is 10.7. The highest BCUT2D eigenvalue weighted by molar-refractivity contribution is 7.10. The molecule has 1 aromatic heterocycles. The number of nitrogens with zero attached hydrogens (tertiary/aromatic N) is 2. The Hall–Kier alpha value is -0.420. The molecule has 0 spiro atoms. The Kier molecular flexibility index (Phi) is 4.20. The summed E-state index contributed by atoms with van der Waals surface area (Å²) in [6.45, 7) is 10.4. The Balaban J connectivity index is 1.89. The van der Waals surface area contributed by atoms with Crippen molar-refractivity contribution in [2.24, 2.45) is 0 Å². The van der Waals surface area contributed by atoms with Crippen LogP contribution in [0.1, 0.15) is 18.7 Å². The summed E-state index contributed by atoms with van der Waals surface area (Å²) in [6.07, 6.45) is 0. The molecule has 0 bridgehead atoms. The molecule has 1 aromatic rings. The van der Waals surface area contributed by atoms with E-state index in [2.05, 4.69) is 16.7 Å². The molecule has 0 aromatic carbocycles. The van der Waals surface area contributed by atoms with E-state index in [1.165, 1.54) is 0 Å². The van der Waals surface area contributed by atoms with Gasteiger partial charge in [-0.2, -0.15) is 0 Å². The van der Waals surface area contributed by atoms with Crippen LogP contribution in [0.2, 0.25) is 0 Å². The van der Waals surface area contributed by atoms with E-state index in [-0.39, 0.29) is 0 Å². The molecule has 0 aliphatic carbocycles. The first-order valence-electron chi connectivity index (χ1n) is 6.33. The fraction of sp³-hybridized carbons (Fsp3) is 0.692. The van der Waals surface area contributed by atoms with Gasteiger partial charge in [-0.25, -0.2) is 0 Å². The van der Waals surface area contributed by atoms with Crippen molar-refractivity contribution in [2.45, 2.75) is 19.4 Å². The normalized spacial score (nSPS) is 22.5. The lowest BCUT2D eigenvalue weighted by Crippen LogP contribution is -2.50. The summed E-state index contributed by atoms with van der Waals surface area (Å²) in [6, 6.07) is 4.02. The smallest absolute Gasteiger partial charge is 0.109 e. The Bertz CT molecular complexity index is 329. The first-order chi connectivity index (χ1) is 8.12. The summed E-state index contributed by atoms with van der Waals surface area (Å²) in [5.41, 5.74) is -0.706. The van der Waals surface area contributed by atoms with Crippen molar-refractivity contribution in [2.75, 3.05) is 39.3 Å². The van der Waals surface area contributed by atoms with Gasteiger partial charge in [-0.05, 0) is 24.9 Å². The predicted molar refractivity (Wildman–Crippen MR) is 72.4 cm³/mol. The van der Waals surface area contributed by atoms with Crippen molar-refractivity contribution < 1.29 is 5.11 Å². The highest BCUT2D eigenvalue weighted by atomic mass is 32.1. The van der Waals surface area contributed by atoms with Crippen LogP contribution in [0.5, 0.6) is 0 Å². The van der Waals surface area contributed by atoms with Crippen molar-refractivity contribution in [3.05, 3.63) is 22.4 Å². The van der Waals surface area contributed by atoms with Crippen molar-refractivity contribution in [3.63, 3.8) is 0 Å². The summed E-state index contributed by atoms with van der Waals surface area (Å²) >= 11 is 1.64. The predicted octanol–water partition coefficient (Wildman–Crippen LogP) is 1.59. The molecule has 0 radical (unpaired) electrons. The average molecular weight is 254 g/mol. The van der Waals surface area contributed by atoms with Gasteiger partial charge in [0.1, 0.15) is 5.60 Å². The molecular formula is C13H22N2OS. The lowest BCUT2D eigenvalue weighted by molar-refractivity contribution is 0.00374. The molecule has 1 fully saturated rings. The number of hydrogen-bond acceptors (Lipinski definition) is 4. The van der Waals surface area contributed by atoms with Gasteiger partial charge in [0.05, 0.1) is 0 Å². The monoisotopic (exact) mass is 254 g/mol. The first-order valence-corrected chi connectivity index (χ1v) is 7.21. The molecule has 4 heteroatoms. The number of piperazine rings is 1. The van der Waals surface area contributed by atoms with Gasteiger partial charge in [0, 0.05) is 37.6 Å². The van der Waals surface area contributed by atoms with E-state index < -0.39 is 5.60 Å². The topological polar surface area (TPSA) is 26.7 Å². The van der Waals surface area contributed by atoms with E-state index in [0.717, 1.165) is 44.1 Å². The molecule has 1 atom stereocenters. The minimum absolute atomic E-state index is 0.706. The summed E-state index contributed by atoms with van der Waals surface area (Å²) < 4.78 is 0.